The van der Waals surface area contributed by atoms with Crippen LogP contribution >= 0.6 is 0 Å². The molecule has 1 heterocycles. The van der Waals surface area contributed by atoms with Crippen LogP contribution in [0.2, 0.25) is 0 Å². The van der Waals surface area contributed by atoms with E-state index in [0.717, 1.165) is 11.3 Å². The minimum absolute atomic E-state index is 0.196. The molecule has 0 radical (unpaired) electrons. The maximum Gasteiger partial charge on any atom is 0.251 e. The lowest BCUT2D eigenvalue weighted by atomic mass is 10.2. The number of methoxy groups -OCH3 is 1. The highest BCUT2D eigenvalue weighted by molar-refractivity contribution is 5.93. The molecule has 0 fully saturated rings. The summed E-state index contributed by atoms with van der Waals surface area (Å²) >= 11 is 0. The maximum absolute atomic E-state index is 12.2. The van der Waals surface area contributed by atoms with Crippen LogP contribution in [0.1, 0.15) is 18.5 Å². The predicted molar refractivity (Wildman–Crippen MR) is 81.8 cm³/mol. The van der Waals surface area contributed by atoms with Crippen LogP contribution in [0.4, 0.5) is 5.69 Å². The second-order valence-electron chi connectivity index (χ2n) is 4.85. The average molecular weight is 286 g/mol. The molecular weight excluding hydrogens is 268 g/mol. The highest BCUT2D eigenvalue weighted by Crippen LogP contribution is 2.16. The first-order valence-electron chi connectivity index (χ1n) is 6.65. The third-order valence-corrected chi connectivity index (χ3v) is 3.24. The molecule has 0 bridgehead atoms. The standard InChI is InChI=1S/C16H18N2O3/c1-11-4-9-15(19)18(10-11)12(2)16(20)17-13-5-7-14(21-3)8-6-13/h4-10,12H,1-3H3,(H,17,20). The quantitative estimate of drug-likeness (QED) is 0.938. The van der Waals surface area contributed by atoms with Gasteiger partial charge in [-0.05, 0) is 43.7 Å². The topological polar surface area (TPSA) is 60.3 Å². The highest BCUT2D eigenvalue weighted by atomic mass is 16.5. The SMILES string of the molecule is COc1ccc(NC(=O)C(C)n2cc(C)ccc2=O)cc1. The van der Waals surface area contributed by atoms with E-state index < -0.39 is 6.04 Å². The molecule has 0 saturated heterocycles. The van der Waals surface area contributed by atoms with Crippen molar-refractivity contribution < 1.29 is 9.53 Å². The van der Waals surface area contributed by atoms with Crippen LogP contribution in [0, 0.1) is 6.92 Å². The molecule has 1 N–H and O–H groups in total. The van der Waals surface area contributed by atoms with Crippen molar-refractivity contribution >= 4 is 11.6 Å². The molecule has 1 amide bonds. The van der Waals surface area contributed by atoms with Crippen LogP contribution in [0.15, 0.2) is 47.4 Å². The Labute approximate surface area is 123 Å². The summed E-state index contributed by atoms with van der Waals surface area (Å²) in [7, 11) is 1.58. The largest absolute Gasteiger partial charge is 0.497 e. The van der Waals surface area contributed by atoms with Gasteiger partial charge in [-0.2, -0.15) is 0 Å². The monoisotopic (exact) mass is 286 g/mol. The van der Waals surface area contributed by atoms with Gasteiger partial charge in [0.15, 0.2) is 0 Å². The molecule has 110 valence electrons. The number of anilines is 1. The Balaban J connectivity index is 2.15. The Morgan fingerprint density at radius 1 is 1.19 bits per heavy atom. The average Bonchev–Trinajstić information content (AvgIpc) is 2.49. The van der Waals surface area contributed by atoms with Crippen LogP contribution in [0.25, 0.3) is 0 Å². The van der Waals surface area contributed by atoms with Gasteiger partial charge in [-0.15, -0.1) is 0 Å². The zero-order valence-electron chi connectivity index (χ0n) is 12.3. The van der Waals surface area contributed by atoms with Gasteiger partial charge in [0.1, 0.15) is 11.8 Å². The van der Waals surface area contributed by atoms with Gasteiger partial charge in [-0.25, -0.2) is 0 Å². The number of ether oxygens (including phenoxy) is 1. The molecule has 5 nitrogen and oxygen atoms in total. The van der Waals surface area contributed by atoms with Gasteiger partial charge < -0.3 is 14.6 Å². The van der Waals surface area contributed by atoms with Crippen molar-refractivity contribution in [1.29, 1.82) is 0 Å². The summed E-state index contributed by atoms with van der Waals surface area (Å²) in [6.45, 7) is 3.57. The maximum atomic E-state index is 12.2. The van der Waals surface area contributed by atoms with Crippen molar-refractivity contribution in [3.63, 3.8) is 0 Å². The van der Waals surface area contributed by atoms with E-state index >= 15 is 0 Å². The summed E-state index contributed by atoms with van der Waals surface area (Å²) in [4.78, 5) is 24.0. The smallest absolute Gasteiger partial charge is 0.251 e. The van der Waals surface area contributed by atoms with E-state index in [4.69, 9.17) is 4.74 Å². The molecule has 21 heavy (non-hydrogen) atoms. The Kier molecular flexibility index (Phi) is 4.42. The number of hydrogen-bond acceptors (Lipinski definition) is 3. The van der Waals surface area contributed by atoms with Gasteiger partial charge in [0.25, 0.3) is 5.56 Å². The van der Waals surface area contributed by atoms with Gasteiger partial charge in [0.2, 0.25) is 5.91 Å². The van der Waals surface area contributed by atoms with Crippen molar-refractivity contribution in [2.24, 2.45) is 0 Å². The van der Waals surface area contributed by atoms with Crippen molar-refractivity contribution in [3.8, 4) is 5.75 Å². The number of nitrogens with one attached hydrogen (secondary N) is 1. The number of aryl methyl sites for hydroxylation is 1. The number of amides is 1. The molecule has 1 aromatic heterocycles. The molecule has 2 rings (SSSR count). The minimum Gasteiger partial charge on any atom is -0.497 e. The number of pyridine rings is 1. The van der Waals surface area contributed by atoms with Crippen molar-refractivity contribution in [3.05, 3.63) is 58.5 Å². The first-order chi connectivity index (χ1) is 10.0. The van der Waals surface area contributed by atoms with Gasteiger partial charge in [-0.3, -0.25) is 9.59 Å². The first-order valence-corrected chi connectivity index (χ1v) is 6.65. The highest BCUT2D eigenvalue weighted by Gasteiger charge is 2.16. The number of carbonyl (C=O) groups is 1. The number of rotatable bonds is 4. The fourth-order valence-corrected chi connectivity index (χ4v) is 1.96. The summed E-state index contributed by atoms with van der Waals surface area (Å²) in [5, 5.41) is 2.78. The second-order valence-corrected chi connectivity index (χ2v) is 4.85. The molecule has 1 unspecified atom stereocenters. The normalized spacial score (nSPS) is 11.8. The van der Waals surface area contributed by atoms with Crippen LogP contribution in [0.3, 0.4) is 0 Å². The van der Waals surface area contributed by atoms with E-state index in [1.807, 2.05) is 6.92 Å². The van der Waals surface area contributed by atoms with Crippen molar-refractivity contribution in [2.45, 2.75) is 19.9 Å². The van der Waals surface area contributed by atoms with Gasteiger partial charge in [0.05, 0.1) is 7.11 Å². The van der Waals surface area contributed by atoms with Gasteiger partial charge >= 0.3 is 0 Å². The zero-order valence-corrected chi connectivity index (χ0v) is 12.3. The number of nitrogens with zero attached hydrogens (tertiary/aromatic N) is 1. The third kappa shape index (κ3) is 3.51. The molecule has 0 saturated carbocycles. The molecule has 0 aliphatic heterocycles. The molecular formula is C16H18N2O3. The number of carbonyl (C=O) groups excluding carboxylic acids is 1. The summed E-state index contributed by atoms with van der Waals surface area (Å²) in [5.74, 6) is 0.476. The summed E-state index contributed by atoms with van der Waals surface area (Å²) in [5.41, 5.74) is 1.39. The molecule has 5 heteroatoms. The lowest BCUT2D eigenvalue weighted by molar-refractivity contribution is -0.118. The van der Waals surface area contributed by atoms with Crippen LogP contribution in [0.5, 0.6) is 5.75 Å². The Morgan fingerprint density at radius 3 is 2.48 bits per heavy atom. The number of benzene rings is 1. The van der Waals surface area contributed by atoms with Gasteiger partial charge in [0, 0.05) is 18.0 Å². The predicted octanol–water partition coefficient (Wildman–Crippen LogP) is 2.37. The van der Waals surface area contributed by atoms with E-state index in [2.05, 4.69) is 5.32 Å². The van der Waals surface area contributed by atoms with Crippen LogP contribution in [-0.4, -0.2) is 17.6 Å². The van der Waals surface area contributed by atoms with E-state index in [-0.39, 0.29) is 11.5 Å². The molecule has 0 spiro atoms. The van der Waals surface area contributed by atoms with Crippen molar-refractivity contribution in [1.82, 2.24) is 4.57 Å². The summed E-state index contributed by atoms with van der Waals surface area (Å²) in [6.07, 6.45) is 1.68. The fourth-order valence-electron chi connectivity index (χ4n) is 1.96. The third-order valence-electron chi connectivity index (χ3n) is 3.24. The molecule has 0 aliphatic carbocycles. The molecule has 1 atom stereocenters. The second kappa shape index (κ2) is 6.26. The fraction of sp³-hybridized carbons (Fsp3) is 0.250. The van der Waals surface area contributed by atoms with Crippen LogP contribution < -0.4 is 15.6 Å². The Bertz CT molecular complexity index is 689. The van der Waals surface area contributed by atoms with E-state index in [0.29, 0.717) is 5.69 Å². The van der Waals surface area contributed by atoms with Gasteiger partial charge in [-0.1, -0.05) is 6.07 Å². The van der Waals surface area contributed by atoms with Crippen molar-refractivity contribution in [2.75, 3.05) is 12.4 Å². The Hall–Kier alpha value is -2.56. The first kappa shape index (κ1) is 14.8. The lowest BCUT2D eigenvalue weighted by Crippen LogP contribution is -2.31. The summed E-state index contributed by atoms with van der Waals surface area (Å²) in [6, 6.07) is 9.64. The molecule has 2 aromatic rings. The van der Waals surface area contributed by atoms with E-state index in [9.17, 15) is 9.59 Å². The Morgan fingerprint density at radius 2 is 1.86 bits per heavy atom. The summed E-state index contributed by atoms with van der Waals surface area (Å²) < 4.78 is 6.49. The molecule has 0 aliphatic rings. The number of aromatic nitrogens is 1. The van der Waals surface area contributed by atoms with E-state index in [1.54, 1.807) is 50.6 Å². The lowest BCUT2D eigenvalue weighted by Gasteiger charge is -2.15. The van der Waals surface area contributed by atoms with E-state index in [1.165, 1.54) is 10.6 Å². The minimum atomic E-state index is -0.584. The van der Waals surface area contributed by atoms with Crippen LogP contribution in [-0.2, 0) is 4.79 Å². The zero-order chi connectivity index (χ0) is 15.4. The molecule has 1 aromatic carbocycles. The number of hydrogen-bond donors (Lipinski definition) is 1.